The molecule has 37 heavy (non-hydrogen) atoms. The van der Waals surface area contributed by atoms with Crippen LogP contribution in [0.3, 0.4) is 0 Å². The van der Waals surface area contributed by atoms with Gasteiger partial charge in [-0.2, -0.15) is 0 Å². The van der Waals surface area contributed by atoms with Crippen LogP contribution in [0.2, 0.25) is 0 Å². The van der Waals surface area contributed by atoms with E-state index >= 15 is 0 Å². The second-order valence-corrected chi connectivity index (χ2v) is 8.48. The lowest BCUT2D eigenvalue weighted by Crippen LogP contribution is -2.33. The Kier molecular flexibility index (Phi) is 6.47. The first-order valence-corrected chi connectivity index (χ1v) is 11.6. The van der Waals surface area contributed by atoms with Gasteiger partial charge < -0.3 is 19.3 Å². The molecule has 0 radical (unpaired) electrons. The number of carboxylic acid groups (broad SMARTS) is 1. The van der Waals surface area contributed by atoms with Crippen LogP contribution in [-0.2, 0) is 20.6 Å². The number of rotatable bonds is 7. The number of benzene rings is 3. The van der Waals surface area contributed by atoms with Gasteiger partial charge in [-0.1, -0.05) is 60.7 Å². The van der Waals surface area contributed by atoms with Gasteiger partial charge in [-0.25, -0.2) is 9.59 Å². The van der Waals surface area contributed by atoms with Crippen molar-refractivity contribution in [2.75, 3.05) is 13.9 Å². The molecule has 1 aliphatic rings. The fourth-order valence-electron chi connectivity index (χ4n) is 4.62. The van der Waals surface area contributed by atoms with Crippen molar-refractivity contribution in [3.05, 3.63) is 118 Å². The Balaban J connectivity index is 1.91. The molecule has 0 amide bonds. The molecule has 0 saturated carbocycles. The molecule has 1 atom stereocenters. The van der Waals surface area contributed by atoms with Crippen molar-refractivity contribution in [1.82, 2.24) is 4.57 Å². The topological polar surface area (TPSA) is 104 Å². The summed E-state index contributed by atoms with van der Waals surface area (Å²) in [5, 5.41) is 10.2. The molecule has 1 unspecified atom stereocenters. The van der Waals surface area contributed by atoms with Gasteiger partial charge >= 0.3 is 11.9 Å². The third-order valence-corrected chi connectivity index (χ3v) is 6.31. The molecular weight excluding hydrogens is 474 g/mol. The molecule has 5 rings (SSSR count). The molecule has 1 aromatic heterocycles. The maximum absolute atomic E-state index is 14.1. The number of methoxy groups -OCH3 is 1. The molecular formula is C29H23NO7. The van der Waals surface area contributed by atoms with E-state index in [0.29, 0.717) is 28.7 Å². The quantitative estimate of drug-likeness (QED) is 0.366. The van der Waals surface area contributed by atoms with Gasteiger partial charge in [0.2, 0.25) is 6.79 Å². The normalized spacial score (nSPS) is 13.4. The zero-order valence-electron chi connectivity index (χ0n) is 19.9. The lowest BCUT2D eigenvalue weighted by atomic mass is 9.94. The first kappa shape index (κ1) is 23.9. The van der Waals surface area contributed by atoms with Gasteiger partial charge in [0.15, 0.2) is 5.76 Å². The Labute approximate surface area is 212 Å². The molecule has 0 bridgehead atoms. The molecule has 4 aromatic rings. The Morgan fingerprint density at radius 2 is 1.70 bits per heavy atom. The summed E-state index contributed by atoms with van der Waals surface area (Å²) in [4.78, 5) is 39.3. The predicted molar refractivity (Wildman–Crippen MR) is 136 cm³/mol. The van der Waals surface area contributed by atoms with Gasteiger partial charge in [0.25, 0.3) is 5.56 Å². The molecule has 0 spiro atoms. The highest BCUT2D eigenvalue weighted by atomic mass is 16.7. The number of hydrogen-bond acceptors (Lipinski definition) is 6. The summed E-state index contributed by atoms with van der Waals surface area (Å²) < 4.78 is 17.6. The summed E-state index contributed by atoms with van der Waals surface area (Å²) in [6.07, 6.45) is 1.77. The number of carbonyl (C=O) groups is 2. The van der Waals surface area contributed by atoms with Crippen LogP contribution in [0.25, 0.3) is 21.9 Å². The summed E-state index contributed by atoms with van der Waals surface area (Å²) >= 11 is 0. The average Bonchev–Trinajstić information content (AvgIpc) is 3.47. The van der Waals surface area contributed by atoms with Crippen LogP contribution in [0, 0.1) is 0 Å². The number of aromatic carboxylic acids is 1. The minimum Gasteiger partial charge on any atom is -0.478 e. The largest absolute Gasteiger partial charge is 0.478 e. The van der Waals surface area contributed by atoms with Gasteiger partial charge in [0, 0.05) is 17.4 Å². The number of allylic oxidation sites excluding steroid dienone is 1. The number of carbonyl (C=O) groups excluding carboxylic acids is 1. The average molecular weight is 498 g/mol. The molecule has 1 N–H and O–H groups in total. The fourth-order valence-corrected chi connectivity index (χ4v) is 4.62. The van der Waals surface area contributed by atoms with Gasteiger partial charge in [0.05, 0.1) is 12.7 Å². The van der Waals surface area contributed by atoms with Gasteiger partial charge in [0.1, 0.15) is 18.0 Å². The monoisotopic (exact) mass is 497 g/mol. The summed E-state index contributed by atoms with van der Waals surface area (Å²) in [5.41, 5.74) is 1.43. The molecule has 8 nitrogen and oxygen atoms in total. The molecule has 3 aromatic carbocycles. The minimum absolute atomic E-state index is 0.00582. The van der Waals surface area contributed by atoms with Crippen molar-refractivity contribution in [3.8, 4) is 11.1 Å². The number of nitrogens with zero attached hydrogens (tertiary/aromatic N) is 1. The summed E-state index contributed by atoms with van der Waals surface area (Å²) in [7, 11) is 1.24. The third kappa shape index (κ3) is 4.45. The highest BCUT2D eigenvalue weighted by molar-refractivity contribution is 6.08. The first-order chi connectivity index (χ1) is 18.0. The zero-order chi connectivity index (χ0) is 25.9. The van der Waals surface area contributed by atoms with Crippen molar-refractivity contribution < 1.29 is 28.9 Å². The second kappa shape index (κ2) is 10.0. The first-order valence-electron chi connectivity index (χ1n) is 11.6. The van der Waals surface area contributed by atoms with Gasteiger partial charge in [-0.3, -0.25) is 9.36 Å². The van der Waals surface area contributed by atoms with Crippen LogP contribution in [0.5, 0.6) is 0 Å². The second-order valence-electron chi connectivity index (χ2n) is 8.48. The van der Waals surface area contributed by atoms with E-state index in [1.54, 1.807) is 24.3 Å². The highest BCUT2D eigenvalue weighted by Gasteiger charge is 2.32. The maximum atomic E-state index is 14.1. The predicted octanol–water partition coefficient (Wildman–Crippen LogP) is 4.78. The van der Waals surface area contributed by atoms with E-state index < -0.39 is 23.5 Å². The smallest absolute Gasteiger partial charge is 0.355 e. The van der Waals surface area contributed by atoms with Crippen molar-refractivity contribution in [2.45, 2.75) is 12.5 Å². The third-order valence-electron chi connectivity index (χ3n) is 6.31. The van der Waals surface area contributed by atoms with E-state index in [4.69, 9.17) is 14.2 Å². The van der Waals surface area contributed by atoms with Gasteiger partial charge in [-0.15, -0.1) is 0 Å². The van der Waals surface area contributed by atoms with Crippen LogP contribution in [0.15, 0.2) is 95.7 Å². The zero-order valence-corrected chi connectivity index (χ0v) is 19.9. The standard InChI is InChI=1S/C29H23NO7/c1-35-29(34)26-25(19-10-6-3-7-11-19)22-15-20(28(32)33)12-13-21(22)27(31)30(26)23(24-16-36-17-37-24)14-18-8-4-2-5-9-18/h2-13,15-16,23H,14,17H2,1H3,(H,32,33). The molecule has 2 heterocycles. The number of aromatic nitrogens is 1. The number of carboxylic acids is 1. The van der Waals surface area contributed by atoms with E-state index in [9.17, 15) is 19.5 Å². The molecule has 8 heteroatoms. The molecule has 0 aliphatic carbocycles. The van der Waals surface area contributed by atoms with Crippen LogP contribution in [-0.4, -0.2) is 35.5 Å². The van der Waals surface area contributed by atoms with Crippen LogP contribution in [0.4, 0.5) is 0 Å². The highest BCUT2D eigenvalue weighted by Crippen LogP contribution is 2.36. The SMILES string of the molecule is COC(=O)c1c(-c2ccccc2)c2cc(C(=O)O)ccc2c(=O)n1C(Cc1ccccc1)C1=COCO1. The van der Waals surface area contributed by atoms with Crippen LogP contribution in [0.1, 0.15) is 32.5 Å². The Morgan fingerprint density at radius 1 is 1.00 bits per heavy atom. The van der Waals surface area contributed by atoms with Crippen molar-refractivity contribution >= 4 is 22.7 Å². The number of fused-ring (bicyclic) bond motifs is 1. The number of hydrogen-bond donors (Lipinski definition) is 1. The summed E-state index contributed by atoms with van der Waals surface area (Å²) in [6, 6.07) is 22.1. The molecule has 0 fully saturated rings. The summed E-state index contributed by atoms with van der Waals surface area (Å²) in [6.45, 7) is -0.00989. The molecule has 1 aliphatic heterocycles. The lowest BCUT2D eigenvalue weighted by molar-refractivity contribution is 0.0574. The van der Waals surface area contributed by atoms with Crippen LogP contribution < -0.4 is 5.56 Å². The Hall–Kier alpha value is -4.85. The van der Waals surface area contributed by atoms with Crippen molar-refractivity contribution in [1.29, 1.82) is 0 Å². The maximum Gasteiger partial charge on any atom is 0.355 e. The van der Waals surface area contributed by atoms with Gasteiger partial charge in [-0.05, 0) is 34.7 Å². The summed E-state index contributed by atoms with van der Waals surface area (Å²) in [5.74, 6) is -1.50. The Morgan fingerprint density at radius 3 is 2.32 bits per heavy atom. The van der Waals surface area contributed by atoms with E-state index in [1.807, 2.05) is 36.4 Å². The lowest BCUT2D eigenvalue weighted by Gasteiger charge is -2.25. The van der Waals surface area contributed by atoms with E-state index in [-0.39, 0.29) is 23.4 Å². The van der Waals surface area contributed by atoms with E-state index in [2.05, 4.69) is 0 Å². The fraction of sp³-hybridized carbons (Fsp3) is 0.138. The number of pyridine rings is 1. The van der Waals surface area contributed by atoms with E-state index in [1.165, 1.54) is 36.1 Å². The molecule has 186 valence electrons. The number of esters is 1. The van der Waals surface area contributed by atoms with E-state index in [0.717, 1.165) is 5.56 Å². The molecule has 0 saturated heterocycles. The van der Waals surface area contributed by atoms with Crippen molar-refractivity contribution in [3.63, 3.8) is 0 Å². The van der Waals surface area contributed by atoms with Crippen LogP contribution >= 0.6 is 0 Å². The minimum atomic E-state index is -1.15. The van der Waals surface area contributed by atoms with Crippen molar-refractivity contribution in [2.24, 2.45) is 0 Å². The Bertz CT molecular complexity index is 1570. The number of ether oxygens (including phenoxy) is 3.